The maximum atomic E-state index is 13.4. The summed E-state index contributed by atoms with van der Waals surface area (Å²) in [4.78, 5) is 41.0. The predicted octanol–water partition coefficient (Wildman–Crippen LogP) is 2.55. The number of hydrogen-bond acceptors (Lipinski definition) is 6. The van der Waals surface area contributed by atoms with Crippen LogP contribution in [0.2, 0.25) is 0 Å². The standard InChI is InChI=1S/C26H34N2O5S/c1-26(2,3)22(29)16-24-28(17-23(30)27-12-8-6-7-9-13-27)25(31)21(34-24)15-18-10-11-19(32-4)20(14-18)33-5/h10-11,14-16H,6-9,12-13,17H2,1-5H3/b21-15-,24-16-. The Hall–Kier alpha value is -2.87. The second kappa shape index (κ2) is 11.0. The van der Waals surface area contributed by atoms with E-state index in [2.05, 4.69) is 0 Å². The Balaban J connectivity index is 2.08. The average molecular weight is 487 g/mol. The molecular weight excluding hydrogens is 452 g/mol. The molecule has 0 unspecified atom stereocenters. The lowest BCUT2D eigenvalue weighted by Gasteiger charge is -2.20. The van der Waals surface area contributed by atoms with Gasteiger partial charge in [-0.15, -0.1) is 11.3 Å². The van der Waals surface area contributed by atoms with Crippen LogP contribution in [0.3, 0.4) is 0 Å². The van der Waals surface area contributed by atoms with Gasteiger partial charge in [-0.3, -0.25) is 19.0 Å². The lowest BCUT2D eigenvalue weighted by Crippen LogP contribution is -2.41. The smallest absolute Gasteiger partial charge is 0.269 e. The number of carbonyl (C=O) groups excluding carboxylic acids is 2. The van der Waals surface area contributed by atoms with Gasteiger partial charge in [-0.25, -0.2) is 0 Å². The molecule has 7 nitrogen and oxygen atoms in total. The van der Waals surface area contributed by atoms with Crippen LogP contribution in [0.5, 0.6) is 11.5 Å². The zero-order chi connectivity index (χ0) is 24.9. The molecule has 3 rings (SSSR count). The van der Waals surface area contributed by atoms with Crippen LogP contribution in [0.1, 0.15) is 52.0 Å². The molecule has 34 heavy (non-hydrogen) atoms. The minimum Gasteiger partial charge on any atom is -0.493 e. The number of nitrogens with zero attached hydrogens (tertiary/aromatic N) is 2. The Morgan fingerprint density at radius 3 is 2.26 bits per heavy atom. The average Bonchev–Trinajstić information content (AvgIpc) is 2.98. The van der Waals surface area contributed by atoms with Crippen LogP contribution in [0, 0.1) is 5.41 Å². The molecule has 1 saturated heterocycles. The van der Waals surface area contributed by atoms with Crippen molar-refractivity contribution in [3.05, 3.63) is 43.3 Å². The summed E-state index contributed by atoms with van der Waals surface area (Å²) < 4.78 is 13.0. The summed E-state index contributed by atoms with van der Waals surface area (Å²) >= 11 is 1.22. The Kier molecular flexibility index (Phi) is 8.36. The zero-order valence-corrected chi connectivity index (χ0v) is 21.5. The normalized spacial score (nSPS) is 15.9. The van der Waals surface area contributed by atoms with Gasteiger partial charge in [0, 0.05) is 24.6 Å². The molecule has 8 heteroatoms. The molecule has 0 N–H and O–H groups in total. The molecule has 1 aromatic heterocycles. The molecule has 0 spiro atoms. The minimum atomic E-state index is -0.590. The monoisotopic (exact) mass is 486 g/mol. The molecule has 0 radical (unpaired) electrons. The molecule has 184 valence electrons. The molecule has 1 fully saturated rings. The van der Waals surface area contributed by atoms with Gasteiger partial charge in [0.25, 0.3) is 5.56 Å². The maximum Gasteiger partial charge on any atom is 0.269 e. The van der Waals surface area contributed by atoms with Crippen LogP contribution in [0.15, 0.2) is 23.0 Å². The van der Waals surface area contributed by atoms with Crippen LogP contribution >= 0.6 is 11.3 Å². The molecule has 0 aliphatic carbocycles. The maximum absolute atomic E-state index is 13.4. The summed E-state index contributed by atoms with van der Waals surface area (Å²) in [5.74, 6) is 0.968. The van der Waals surface area contributed by atoms with Crippen molar-refractivity contribution in [2.45, 2.75) is 53.0 Å². The number of ketones is 1. The van der Waals surface area contributed by atoms with Crippen molar-refractivity contribution in [3.8, 4) is 11.5 Å². The molecule has 2 aromatic rings. The molecule has 1 aromatic carbocycles. The Bertz CT molecular complexity index is 1210. The van der Waals surface area contributed by atoms with Crippen LogP contribution in [0.4, 0.5) is 0 Å². The fourth-order valence-electron chi connectivity index (χ4n) is 3.77. The van der Waals surface area contributed by atoms with Crippen LogP contribution < -0.4 is 24.2 Å². The van der Waals surface area contributed by atoms with E-state index in [-0.39, 0.29) is 23.8 Å². The third kappa shape index (κ3) is 6.17. The van der Waals surface area contributed by atoms with Gasteiger partial charge in [0.1, 0.15) is 11.2 Å². The number of amides is 1. The van der Waals surface area contributed by atoms with Gasteiger partial charge in [-0.05, 0) is 36.6 Å². The van der Waals surface area contributed by atoms with Gasteiger partial charge in [-0.1, -0.05) is 39.7 Å². The molecular formula is C26H34N2O5S. The number of hydrogen-bond donors (Lipinski definition) is 0. The van der Waals surface area contributed by atoms with E-state index in [9.17, 15) is 14.4 Å². The molecule has 0 bridgehead atoms. The quantitative estimate of drug-likeness (QED) is 0.627. The highest BCUT2D eigenvalue weighted by molar-refractivity contribution is 7.07. The van der Waals surface area contributed by atoms with Crippen molar-refractivity contribution in [3.63, 3.8) is 0 Å². The van der Waals surface area contributed by atoms with E-state index >= 15 is 0 Å². The summed E-state index contributed by atoms with van der Waals surface area (Å²) in [7, 11) is 3.12. The van der Waals surface area contributed by atoms with Crippen molar-refractivity contribution in [1.82, 2.24) is 9.47 Å². The highest BCUT2D eigenvalue weighted by Gasteiger charge is 2.21. The van der Waals surface area contributed by atoms with Crippen LogP contribution in [-0.2, 0) is 16.1 Å². The van der Waals surface area contributed by atoms with Gasteiger partial charge in [0.2, 0.25) is 5.91 Å². The molecule has 1 amide bonds. The lowest BCUT2D eigenvalue weighted by molar-refractivity contribution is -0.131. The van der Waals surface area contributed by atoms with Crippen LogP contribution in [-0.4, -0.2) is 48.5 Å². The number of Topliss-reactive ketones (excluding diaryl/α,β-unsaturated/α-hetero) is 1. The van der Waals surface area contributed by atoms with Gasteiger partial charge in [0.05, 0.1) is 18.8 Å². The molecule has 1 aliphatic heterocycles. The van der Waals surface area contributed by atoms with E-state index in [1.165, 1.54) is 22.0 Å². The SMILES string of the molecule is COc1ccc(/C=c2\s/c(=C\C(=O)C(C)(C)C)n(CC(=O)N3CCCCCC3)c2=O)cc1OC. The van der Waals surface area contributed by atoms with E-state index in [0.29, 0.717) is 33.8 Å². The first-order valence-electron chi connectivity index (χ1n) is 11.6. The van der Waals surface area contributed by atoms with E-state index in [0.717, 1.165) is 31.2 Å². The Labute approximate surface area is 204 Å². The largest absolute Gasteiger partial charge is 0.493 e. The Morgan fingerprint density at radius 1 is 1.03 bits per heavy atom. The second-order valence-electron chi connectivity index (χ2n) is 9.51. The fraction of sp³-hybridized carbons (Fsp3) is 0.500. The number of aromatic nitrogens is 1. The summed E-state index contributed by atoms with van der Waals surface area (Å²) in [6.45, 7) is 6.85. The first-order valence-corrected chi connectivity index (χ1v) is 12.4. The van der Waals surface area contributed by atoms with Crippen molar-refractivity contribution in [2.75, 3.05) is 27.3 Å². The van der Waals surface area contributed by atoms with Gasteiger partial charge in [0.15, 0.2) is 17.3 Å². The lowest BCUT2D eigenvalue weighted by atomic mass is 9.91. The summed E-state index contributed by atoms with van der Waals surface area (Å²) in [6, 6.07) is 5.39. The van der Waals surface area contributed by atoms with Gasteiger partial charge >= 0.3 is 0 Å². The highest BCUT2D eigenvalue weighted by Crippen LogP contribution is 2.27. The molecule has 0 saturated carbocycles. The number of likely N-dealkylation sites (tertiary alicyclic amines) is 1. The summed E-state index contributed by atoms with van der Waals surface area (Å²) in [5.41, 5.74) is -0.112. The van der Waals surface area contributed by atoms with Crippen LogP contribution in [0.25, 0.3) is 12.2 Å². The van der Waals surface area contributed by atoms with Crippen molar-refractivity contribution < 1.29 is 19.1 Å². The summed E-state index contributed by atoms with van der Waals surface area (Å²) in [6.07, 6.45) is 7.43. The minimum absolute atomic E-state index is 0.0711. The number of carbonyl (C=O) groups is 2. The van der Waals surface area contributed by atoms with Gasteiger partial charge < -0.3 is 14.4 Å². The molecule has 2 heterocycles. The Morgan fingerprint density at radius 2 is 1.68 bits per heavy atom. The molecule has 0 atom stereocenters. The van der Waals surface area contributed by atoms with E-state index in [1.807, 2.05) is 31.7 Å². The zero-order valence-electron chi connectivity index (χ0n) is 20.7. The van der Waals surface area contributed by atoms with E-state index in [1.54, 1.807) is 32.4 Å². The number of rotatable bonds is 6. The van der Waals surface area contributed by atoms with Crippen molar-refractivity contribution >= 4 is 35.2 Å². The van der Waals surface area contributed by atoms with E-state index in [4.69, 9.17) is 9.47 Å². The first kappa shape index (κ1) is 25.7. The number of methoxy groups -OCH3 is 2. The van der Waals surface area contributed by atoms with Crippen molar-refractivity contribution in [2.24, 2.45) is 5.41 Å². The third-order valence-corrected chi connectivity index (χ3v) is 6.95. The van der Waals surface area contributed by atoms with Gasteiger partial charge in [-0.2, -0.15) is 0 Å². The third-order valence-electron chi connectivity index (χ3n) is 5.89. The number of ether oxygens (including phenoxy) is 2. The first-order chi connectivity index (χ1) is 16.1. The predicted molar refractivity (Wildman–Crippen MR) is 135 cm³/mol. The molecule has 1 aliphatic rings. The van der Waals surface area contributed by atoms with Crippen molar-refractivity contribution in [1.29, 1.82) is 0 Å². The fourth-order valence-corrected chi connectivity index (χ4v) is 4.81. The topological polar surface area (TPSA) is 77.8 Å². The number of benzene rings is 1. The number of thiazole rings is 1. The summed E-state index contributed by atoms with van der Waals surface area (Å²) in [5, 5.41) is 0. The van der Waals surface area contributed by atoms with E-state index < -0.39 is 5.41 Å². The second-order valence-corrected chi connectivity index (χ2v) is 10.6. The highest BCUT2D eigenvalue weighted by atomic mass is 32.1.